The van der Waals surface area contributed by atoms with Crippen LogP contribution in [-0.2, 0) is 17.8 Å². The van der Waals surface area contributed by atoms with Gasteiger partial charge < -0.3 is 10.2 Å². The topological polar surface area (TPSA) is 75.9 Å². The van der Waals surface area contributed by atoms with Crippen molar-refractivity contribution in [1.82, 2.24) is 25.1 Å². The largest absolute Gasteiger partial charge is 0.359 e. The summed E-state index contributed by atoms with van der Waals surface area (Å²) < 4.78 is 1.64. The van der Waals surface area contributed by atoms with Crippen LogP contribution in [-0.4, -0.2) is 39.2 Å². The van der Waals surface area contributed by atoms with Crippen molar-refractivity contribution >= 4 is 11.7 Å². The molecule has 0 radical (unpaired) electrons. The number of rotatable bonds is 8. The van der Waals surface area contributed by atoms with E-state index in [1.807, 2.05) is 44.3 Å². The molecule has 3 rings (SSSR count). The molecule has 140 valence electrons. The molecular formula is C20H24N6O. The third-order valence-electron chi connectivity index (χ3n) is 4.41. The second-order valence-electron chi connectivity index (χ2n) is 6.36. The number of aromatic nitrogens is 4. The van der Waals surface area contributed by atoms with Crippen LogP contribution in [0.4, 0.5) is 5.82 Å². The summed E-state index contributed by atoms with van der Waals surface area (Å²) in [7, 11) is 2.00. The monoisotopic (exact) mass is 364 g/mol. The minimum atomic E-state index is -0.359. The third kappa shape index (κ3) is 4.91. The molecule has 0 spiro atoms. The van der Waals surface area contributed by atoms with Crippen molar-refractivity contribution in [1.29, 1.82) is 0 Å². The minimum Gasteiger partial charge on any atom is -0.359 e. The molecule has 0 aliphatic heterocycles. The van der Waals surface area contributed by atoms with E-state index in [4.69, 9.17) is 0 Å². The first-order chi connectivity index (χ1) is 13.1. The molecule has 0 bridgehead atoms. The van der Waals surface area contributed by atoms with Crippen LogP contribution in [0.1, 0.15) is 24.2 Å². The van der Waals surface area contributed by atoms with Crippen LogP contribution < -0.4 is 10.2 Å². The number of carbonyl (C=O) groups is 1. The number of nitrogens with one attached hydrogen (secondary N) is 1. The summed E-state index contributed by atoms with van der Waals surface area (Å²) in [6, 6.07) is 11.2. The number of hydrogen-bond donors (Lipinski definition) is 1. The molecule has 0 aromatic carbocycles. The van der Waals surface area contributed by atoms with E-state index >= 15 is 0 Å². The summed E-state index contributed by atoms with van der Waals surface area (Å²) in [6.45, 7) is 3.03. The first-order valence-corrected chi connectivity index (χ1v) is 8.97. The van der Waals surface area contributed by atoms with E-state index in [0.29, 0.717) is 6.54 Å². The van der Waals surface area contributed by atoms with Crippen LogP contribution in [0.3, 0.4) is 0 Å². The van der Waals surface area contributed by atoms with Crippen molar-refractivity contribution in [3.05, 3.63) is 72.4 Å². The molecule has 3 aromatic heterocycles. The summed E-state index contributed by atoms with van der Waals surface area (Å²) in [5, 5.41) is 7.10. The Morgan fingerprint density at radius 2 is 2.00 bits per heavy atom. The Balaban J connectivity index is 1.60. The molecule has 27 heavy (non-hydrogen) atoms. The Labute approximate surface area is 159 Å². The first-order valence-electron chi connectivity index (χ1n) is 8.97. The second kappa shape index (κ2) is 8.93. The molecule has 0 saturated carbocycles. The van der Waals surface area contributed by atoms with Crippen molar-refractivity contribution < 1.29 is 4.79 Å². The van der Waals surface area contributed by atoms with E-state index in [2.05, 4.69) is 25.3 Å². The van der Waals surface area contributed by atoms with E-state index in [9.17, 15) is 4.79 Å². The Hall–Kier alpha value is -3.22. The second-order valence-corrected chi connectivity index (χ2v) is 6.36. The van der Waals surface area contributed by atoms with E-state index in [1.54, 1.807) is 35.5 Å². The van der Waals surface area contributed by atoms with Crippen molar-refractivity contribution in [3.63, 3.8) is 0 Å². The van der Waals surface area contributed by atoms with Gasteiger partial charge in [0, 0.05) is 62.6 Å². The molecule has 0 saturated heterocycles. The van der Waals surface area contributed by atoms with Gasteiger partial charge in [-0.15, -0.1) is 0 Å². The molecule has 0 aliphatic carbocycles. The Kier molecular flexibility index (Phi) is 6.14. The van der Waals surface area contributed by atoms with Gasteiger partial charge in [-0.3, -0.25) is 14.5 Å². The van der Waals surface area contributed by atoms with Crippen LogP contribution >= 0.6 is 0 Å². The summed E-state index contributed by atoms with van der Waals surface area (Å²) in [4.78, 5) is 23.3. The van der Waals surface area contributed by atoms with Gasteiger partial charge in [-0.05, 0) is 31.2 Å². The molecule has 3 aromatic rings. The van der Waals surface area contributed by atoms with Gasteiger partial charge in [0.2, 0.25) is 5.91 Å². The molecule has 1 atom stereocenters. The number of amides is 1. The number of nitrogens with zero attached hydrogens (tertiary/aromatic N) is 5. The number of hydrogen-bond acceptors (Lipinski definition) is 5. The van der Waals surface area contributed by atoms with Gasteiger partial charge >= 0.3 is 0 Å². The van der Waals surface area contributed by atoms with Crippen molar-refractivity contribution in [2.75, 3.05) is 18.5 Å². The summed E-state index contributed by atoms with van der Waals surface area (Å²) in [5.74, 6) is 0.783. The van der Waals surface area contributed by atoms with E-state index in [0.717, 1.165) is 30.0 Å². The van der Waals surface area contributed by atoms with Crippen LogP contribution in [0.15, 0.2) is 61.2 Å². The van der Waals surface area contributed by atoms with Crippen molar-refractivity contribution in [2.45, 2.75) is 25.9 Å². The lowest BCUT2D eigenvalue weighted by molar-refractivity contribution is -0.124. The quantitative estimate of drug-likeness (QED) is 0.663. The van der Waals surface area contributed by atoms with E-state index in [-0.39, 0.29) is 11.9 Å². The fourth-order valence-corrected chi connectivity index (χ4v) is 2.81. The lowest BCUT2D eigenvalue weighted by Gasteiger charge is -2.21. The number of carbonyl (C=O) groups excluding carboxylic acids is 1. The zero-order valence-corrected chi connectivity index (χ0v) is 15.6. The van der Waals surface area contributed by atoms with Gasteiger partial charge in [0.15, 0.2) is 0 Å². The van der Waals surface area contributed by atoms with Crippen LogP contribution in [0.25, 0.3) is 0 Å². The summed E-state index contributed by atoms with van der Waals surface area (Å²) >= 11 is 0. The van der Waals surface area contributed by atoms with Gasteiger partial charge in [-0.1, -0.05) is 12.1 Å². The number of anilines is 1. The van der Waals surface area contributed by atoms with Gasteiger partial charge in [-0.2, -0.15) is 5.10 Å². The highest BCUT2D eigenvalue weighted by molar-refractivity contribution is 5.79. The zero-order valence-electron chi connectivity index (χ0n) is 15.6. The average Bonchev–Trinajstić information content (AvgIpc) is 3.25. The van der Waals surface area contributed by atoms with E-state index < -0.39 is 0 Å². The third-order valence-corrected chi connectivity index (χ3v) is 4.41. The van der Waals surface area contributed by atoms with Crippen molar-refractivity contribution in [2.24, 2.45) is 0 Å². The molecule has 1 N–H and O–H groups in total. The first kappa shape index (κ1) is 18.6. The number of likely N-dealkylation sites (N-methyl/N-ethyl adjacent to an activating group) is 1. The molecule has 7 heteroatoms. The predicted octanol–water partition coefficient (Wildman–Crippen LogP) is 2.23. The molecule has 7 nitrogen and oxygen atoms in total. The lowest BCUT2D eigenvalue weighted by Crippen LogP contribution is -2.32. The van der Waals surface area contributed by atoms with E-state index in [1.165, 1.54) is 0 Å². The van der Waals surface area contributed by atoms with Crippen LogP contribution in [0.5, 0.6) is 0 Å². The Bertz CT molecular complexity index is 850. The maximum atomic E-state index is 12.4. The lowest BCUT2D eigenvalue weighted by atomic mass is 10.2. The van der Waals surface area contributed by atoms with Crippen molar-refractivity contribution in [3.8, 4) is 0 Å². The fraction of sp³-hybridized carbons (Fsp3) is 0.300. The van der Waals surface area contributed by atoms with Gasteiger partial charge in [0.1, 0.15) is 11.9 Å². The molecule has 0 aliphatic rings. The van der Waals surface area contributed by atoms with Gasteiger partial charge in [0.05, 0.1) is 0 Å². The molecule has 3 heterocycles. The van der Waals surface area contributed by atoms with Gasteiger partial charge in [0.25, 0.3) is 0 Å². The number of pyridine rings is 2. The Morgan fingerprint density at radius 1 is 1.15 bits per heavy atom. The summed E-state index contributed by atoms with van der Waals surface area (Å²) in [6.07, 6.45) is 7.85. The highest BCUT2D eigenvalue weighted by Gasteiger charge is 2.16. The smallest absolute Gasteiger partial charge is 0.244 e. The average molecular weight is 364 g/mol. The fourth-order valence-electron chi connectivity index (χ4n) is 2.81. The highest BCUT2D eigenvalue weighted by Crippen LogP contribution is 2.16. The minimum absolute atomic E-state index is 0.0790. The SMILES string of the molecule is C[C@H](C(=O)NCc1cccnc1N(C)CCc1ccccn1)n1cccn1. The van der Waals surface area contributed by atoms with Crippen LogP contribution in [0.2, 0.25) is 0 Å². The Morgan fingerprint density at radius 3 is 2.74 bits per heavy atom. The molecule has 0 unspecified atom stereocenters. The maximum absolute atomic E-state index is 12.4. The normalized spacial score (nSPS) is 11.8. The molecule has 1 amide bonds. The standard InChI is InChI=1S/C20H24N6O/c1-16(26-13-6-12-24-26)20(27)23-15-17-7-5-11-22-19(17)25(2)14-9-18-8-3-4-10-21-18/h3-8,10-13,16H,9,14-15H2,1-2H3,(H,23,27)/t16-/m1/s1. The zero-order chi connectivity index (χ0) is 19.1. The maximum Gasteiger partial charge on any atom is 0.244 e. The predicted molar refractivity (Wildman–Crippen MR) is 104 cm³/mol. The molecule has 0 fully saturated rings. The van der Waals surface area contributed by atoms with Gasteiger partial charge in [-0.25, -0.2) is 4.98 Å². The summed E-state index contributed by atoms with van der Waals surface area (Å²) in [5.41, 5.74) is 2.02. The van der Waals surface area contributed by atoms with Crippen LogP contribution in [0, 0.1) is 0 Å². The molecular weight excluding hydrogens is 340 g/mol. The highest BCUT2D eigenvalue weighted by atomic mass is 16.2.